The zero-order chi connectivity index (χ0) is 15.8. The lowest BCUT2D eigenvalue weighted by molar-refractivity contribution is -0.139. The second kappa shape index (κ2) is 5.04. The van der Waals surface area contributed by atoms with Crippen LogP contribution in [0.5, 0.6) is 0 Å². The number of nitrogen functional groups attached to an aromatic ring is 1. The van der Waals surface area contributed by atoms with Gasteiger partial charge in [-0.1, -0.05) is 6.07 Å². The molecule has 1 aromatic heterocycles. The molecule has 0 aliphatic heterocycles. The summed E-state index contributed by atoms with van der Waals surface area (Å²) in [7, 11) is 0. The van der Waals surface area contributed by atoms with Gasteiger partial charge in [0.05, 0.1) is 11.1 Å². The van der Waals surface area contributed by atoms with Crippen LogP contribution < -0.4 is 5.73 Å². The summed E-state index contributed by atoms with van der Waals surface area (Å²) in [6, 6.07) is 3.23. The summed E-state index contributed by atoms with van der Waals surface area (Å²) in [5.74, 6) is -2.90. The molecule has 21 heavy (non-hydrogen) atoms. The first-order chi connectivity index (χ1) is 9.70. The Balaban J connectivity index is 2.66. The van der Waals surface area contributed by atoms with Gasteiger partial charge in [0.2, 0.25) is 0 Å². The maximum Gasteiger partial charge on any atom is 0.419 e. The topological polar surface area (TPSA) is 76.2 Å². The fourth-order valence-corrected chi connectivity index (χ4v) is 1.79. The van der Waals surface area contributed by atoms with Crippen molar-refractivity contribution in [1.29, 1.82) is 0 Å². The van der Waals surface area contributed by atoms with Crippen molar-refractivity contribution in [2.24, 2.45) is 0 Å². The molecule has 2 aromatic rings. The Bertz CT molecular complexity index is 714. The van der Waals surface area contributed by atoms with E-state index in [9.17, 15) is 22.4 Å². The van der Waals surface area contributed by atoms with Gasteiger partial charge in [-0.2, -0.15) is 13.2 Å². The van der Waals surface area contributed by atoms with Gasteiger partial charge in [0.15, 0.2) is 0 Å². The third-order valence-electron chi connectivity index (χ3n) is 2.74. The van der Waals surface area contributed by atoms with Gasteiger partial charge in [-0.25, -0.2) is 14.2 Å². The highest BCUT2D eigenvalue weighted by atomic mass is 19.4. The highest BCUT2D eigenvalue weighted by molar-refractivity contribution is 5.96. The van der Waals surface area contributed by atoms with Gasteiger partial charge in [-0.3, -0.25) is 0 Å². The number of rotatable bonds is 2. The Kier molecular flexibility index (Phi) is 3.54. The Labute approximate surface area is 115 Å². The average molecular weight is 300 g/mol. The van der Waals surface area contributed by atoms with Crippen molar-refractivity contribution >= 4 is 11.8 Å². The molecule has 3 N–H and O–H groups in total. The number of aromatic nitrogens is 1. The number of benzene rings is 1. The minimum Gasteiger partial charge on any atom is -0.478 e. The summed E-state index contributed by atoms with van der Waals surface area (Å²) in [6.45, 7) is 0. The smallest absolute Gasteiger partial charge is 0.419 e. The van der Waals surface area contributed by atoms with E-state index in [1.54, 1.807) is 0 Å². The van der Waals surface area contributed by atoms with Crippen LogP contribution >= 0.6 is 0 Å². The van der Waals surface area contributed by atoms with Gasteiger partial charge < -0.3 is 10.8 Å². The number of nitrogens with two attached hydrogens (primary N) is 1. The van der Waals surface area contributed by atoms with Crippen molar-refractivity contribution in [1.82, 2.24) is 4.98 Å². The van der Waals surface area contributed by atoms with Crippen LogP contribution in [0.25, 0.3) is 11.1 Å². The van der Waals surface area contributed by atoms with E-state index < -0.39 is 23.5 Å². The summed E-state index contributed by atoms with van der Waals surface area (Å²) in [5, 5.41) is 9.06. The molecule has 0 saturated carbocycles. The van der Waals surface area contributed by atoms with Crippen LogP contribution in [0, 0.1) is 5.82 Å². The third-order valence-corrected chi connectivity index (χ3v) is 2.74. The van der Waals surface area contributed by atoms with E-state index in [0.29, 0.717) is 12.1 Å². The van der Waals surface area contributed by atoms with Crippen LogP contribution in [0.15, 0.2) is 30.5 Å². The van der Waals surface area contributed by atoms with Gasteiger partial charge in [-0.05, 0) is 23.8 Å². The van der Waals surface area contributed by atoms with Crippen LogP contribution in [-0.4, -0.2) is 16.1 Å². The highest BCUT2D eigenvalue weighted by Crippen LogP contribution is 2.35. The first kappa shape index (κ1) is 14.8. The van der Waals surface area contributed by atoms with Gasteiger partial charge in [0, 0.05) is 11.8 Å². The van der Waals surface area contributed by atoms with Crippen LogP contribution in [0.3, 0.4) is 0 Å². The predicted octanol–water partition coefficient (Wildman–Crippen LogP) is 3.19. The molecule has 0 aliphatic rings. The Hall–Kier alpha value is -2.64. The number of nitrogens with zero attached hydrogens (tertiary/aromatic N) is 1. The van der Waals surface area contributed by atoms with Gasteiger partial charge in [0.25, 0.3) is 0 Å². The number of halogens is 4. The normalized spacial score (nSPS) is 11.4. The lowest BCUT2D eigenvalue weighted by atomic mass is 9.99. The number of anilines is 1. The second-order valence-electron chi connectivity index (χ2n) is 4.15. The lowest BCUT2D eigenvalue weighted by Gasteiger charge is -2.11. The predicted molar refractivity (Wildman–Crippen MR) is 66.0 cm³/mol. The number of carboxylic acid groups (broad SMARTS) is 1. The van der Waals surface area contributed by atoms with Crippen LogP contribution in [0.4, 0.5) is 23.4 Å². The summed E-state index contributed by atoms with van der Waals surface area (Å²) in [6.07, 6.45) is -3.85. The number of alkyl halides is 3. The average Bonchev–Trinajstić information content (AvgIpc) is 2.38. The van der Waals surface area contributed by atoms with Gasteiger partial charge >= 0.3 is 12.1 Å². The molecule has 0 spiro atoms. The molecular weight excluding hydrogens is 292 g/mol. The minimum atomic E-state index is -4.88. The third kappa shape index (κ3) is 2.93. The van der Waals surface area contributed by atoms with Crippen LogP contribution in [0.1, 0.15) is 15.9 Å². The molecule has 0 fully saturated rings. The minimum absolute atomic E-state index is 0.0813. The Morgan fingerprint density at radius 3 is 2.48 bits per heavy atom. The maximum atomic E-state index is 13.2. The molecule has 2 rings (SSSR count). The van der Waals surface area contributed by atoms with Crippen LogP contribution in [-0.2, 0) is 6.18 Å². The highest BCUT2D eigenvalue weighted by Gasteiger charge is 2.34. The van der Waals surface area contributed by atoms with Gasteiger partial charge in [-0.15, -0.1) is 0 Å². The van der Waals surface area contributed by atoms with E-state index in [-0.39, 0.29) is 22.5 Å². The van der Waals surface area contributed by atoms with E-state index in [0.717, 1.165) is 18.3 Å². The van der Waals surface area contributed by atoms with E-state index in [2.05, 4.69) is 4.98 Å². The molecule has 0 unspecified atom stereocenters. The molecule has 0 amide bonds. The quantitative estimate of drug-likeness (QED) is 0.835. The summed E-state index contributed by atoms with van der Waals surface area (Å²) in [4.78, 5) is 14.8. The Morgan fingerprint density at radius 1 is 1.24 bits per heavy atom. The summed E-state index contributed by atoms with van der Waals surface area (Å²) >= 11 is 0. The number of aromatic carboxylic acids is 1. The molecule has 0 radical (unpaired) electrons. The standard InChI is InChI=1S/C13H8F4N2O2/c14-10-2-1-6(3-9(10)13(15,16)17)8-5-19-11(18)4-7(8)12(20)21/h1-5H,(H2,18,19)(H,20,21). The molecule has 4 nitrogen and oxygen atoms in total. The van der Waals surface area contributed by atoms with Crippen molar-refractivity contribution in [2.75, 3.05) is 5.73 Å². The zero-order valence-electron chi connectivity index (χ0n) is 10.3. The first-order valence-corrected chi connectivity index (χ1v) is 5.56. The first-order valence-electron chi connectivity index (χ1n) is 5.56. The number of hydrogen-bond acceptors (Lipinski definition) is 3. The maximum absolute atomic E-state index is 13.2. The fraction of sp³-hybridized carbons (Fsp3) is 0.0769. The molecule has 0 atom stereocenters. The second-order valence-corrected chi connectivity index (χ2v) is 4.15. The number of pyridine rings is 1. The molecule has 1 aromatic carbocycles. The number of hydrogen-bond donors (Lipinski definition) is 2. The SMILES string of the molecule is Nc1cc(C(=O)O)c(-c2ccc(F)c(C(F)(F)F)c2)cn1. The van der Waals surface area contributed by atoms with E-state index in [1.165, 1.54) is 0 Å². The summed E-state index contributed by atoms with van der Waals surface area (Å²) in [5.41, 5.74) is 3.36. The van der Waals surface area contributed by atoms with Crippen molar-refractivity contribution in [3.05, 3.63) is 47.4 Å². The molecule has 1 heterocycles. The van der Waals surface area contributed by atoms with Crippen molar-refractivity contribution < 1.29 is 27.5 Å². The molecular formula is C13H8F4N2O2. The lowest BCUT2D eigenvalue weighted by Crippen LogP contribution is -2.09. The van der Waals surface area contributed by atoms with Crippen molar-refractivity contribution in [2.45, 2.75) is 6.18 Å². The fourth-order valence-electron chi connectivity index (χ4n) is 1.79. The Morgan fingerprint density at radius 2 is 1.90 bits per heavy atom. The van der Waals surface area contributed by atoms with Crippen molar-refractivity contribution in [3.8, 4) is 11.1 Å². The molecule has 0 saturated heterocycles. The van der Waals surface area contributed by atoms with E-state index in [4.69, 9.17) is 10.8 Å². The zero-order valence-corrected chi connectivity index (χ0v) is 10.3. The molecule has 0 aliphatic carbocycles. The monoisotopic (exact) mass is 300 g/mol. The number of carbonyl (C=O) groups is 1. The van der Waals surface area contributed by atoms with E-state index >= 15 is 0 Å². The molecule has 110 valence electrons. The van der Waals surface area contributed by atoms with E-state index in [1.807, 2.05) is 0 Å². The molecule has 8 heteroatoms. The van der Waals surface area contributed by atoms with Crippen molar-refractivity contribution in [3.63, 3.8) is 0 Å². The number of carboxylic acids is 1. The summed E-state index contributed by atoms with van der Waals surface area (Å²) < 4.78 is 51.3. The van der Waals surface area contributed by atoms with Gasteiger partial charge in [0.1, 0.15) is 11.6 Å². The van der Waals surface area contributed by atoms with Crippen LogP contribution in [0.2, 0.25) is 0 Å². The molecule has 0 bridgehead atoms. The largest absolute Gasteiger partial charge is 0.478 e.